The molecule has 0 spiro atoms. The maximum Gasteiger partial charge on any atom is 0.335 e. The Balaban J connectivity index is 3.14. The fourth-order valence-corrected chi connectivity index (χ4v) is 3.11. The second-order valence-corrected chi connectivity index (χ2v) is 5.92. The number of carboxylic acids is 1. The Labute approximate surface area is 117 Å². The van der Waals surface area contributed by atoms with Crippen LogP contribution in [0.2, 0.25) is 0 Å². The number of ether oxygens (including phenoxy) is 1. The van der Waals surface area contributed by atoms with E-state index in [1.54, 1.807) is 6.92 Å². The molecule has 8 heteroatoms. The normalized spacial score (nSPS) is 13.2. The largest absolute Gasteiger partial charge is 0.478 e. The lowest BCUT2D eigenvalue weighted by Crippen LogP contribution is -2.40. The van der Waals surface area contributed by atoms with Gasteiger partial charge in [-0.3, -0.25) is 0 Å². The lowest BCUT2D eigenvalue weighted by molar-refractivity contribution is 0.0696. The fourth-order valence-electron chi connectivity index (χ4n) is 1.63. The summed E-state index contributed by atoms with van der Waals surface area (Å²) in [4.78, 5) is 10.8. The zero-order valence-corrected chi connectivity index (χ0v) is 12.0. The molecule has 1 aromatic carbocycles. The van der Waals surface area contributed by atoms with Gasteiger partial charge in [0, 0.05) is 7.11 Å². The lowest BCUT2D eigenvalue weighted by Gasteiger charge is -2.16. The van der Waals surface area contributed by atoms with Crippen LogP contribution in [0.3, 0.4) is 0 Å². The predicted molar refractivity (Wildman–Crippen MR) is 71.2 cm³/mol. The van der Waals surface area contributed by atoms with Gasteiger partial charge in [-0.15, -0.1) is 0 Å². The van der Waals surface area contributed by atoms with Crippen molar-refractivity contribution in [2.24, 2.45) is 0 Å². The summed E-state index contributed by atoms with van der Waals surface area (Å²) in [6.45, 7) is 1.14. The topological polar surface area (TPSA) is 113 Å². The van der Waals surface area contributed by atoms with Crippen LogP contribution in [0, 0.1) is 6.92 Å². The quantitative estimate of drug-likeness (QED) is 0.652. The van der Waals surface area contributed by atoms with E-state index in [1.807, 2.05) is 0 Å². The third-order valence-corrected chi connectivity index (χ3v) is 4.30. The van der Waals surface area contributed by atoms with Crippen LogP contribution in [-0.4, -0.2) is 51.0 Å². The summed E-state index contributed by atoms with van der Waals surface area (Å²) in [5.41, 5.74) is 0.292. The number of benzene rings is 1. The highest BCUT2D eigenvalue weighted by Gasteiger charge is 2.22. The minimum Gasteiger partial charge on any atom is -0.478 e. The molecule has 112 valence electrons. The van der Waals surface area contributed by atoms with Crippen LogP contribution in [0.1, 0.15) is 15.9 Å². The van der Waals surface area contributed by atoms with Crippen LogP contribution in [-0.2, 0) is 14.8 Å². The molecule has 0 aliphatic rings. The lowest BCUT2D eigenvalue weighted by atomic mass is 10.1. The Morgan fingerprint density at radius 1 is 1.45 bits per heavy atom. The Bertz CT molecular complexity index is 584. The van der Waals surface area contributed by atoms with Gasteiger partial charge in [0.1, 0.15) is 0 Å². The minimum absolute atomic E-state index is 0.00734. The number of rotatable bonds is 7. The summed E-state index contributed by atoms with van der Waals surface area (Å²) in [5.74, 6) is -1.21. The van der Waals surface area contributed by atoms with Crippen LogP contribution in [0.4, 0.5) is 0 Å². The van der Waals surface area contributed by atoms with Crippen molar-refractivity contribution >= 4 is 16.0 Å². The van der Waals surface area contributed by atoms with Gasteiger partial charge >= 0.3 is 5.97 Å². The van der Waals surface area contributed by atoms with Crippen LogP contribution in [0.5, 0.6) is 0 Å². The molecule has 0 fully saturated rings. The smallest absolute Gasteiger partial charge is 0.335 e. The number of hydrogen-bond donors (Lipinski definition) is 3. The van der Waals surface area contributed by atoms with E-state index in [-0.39, 0.29) is 17.1 Å². The monoisotopic (exact) mass is 303 g/mol. The second-order valence-electron chi connectivity index (χ2n) is 4.24. The van der Waals surface area contributed by atoms with Crippen LogP contribution in [0.15, 0.2) is 23.1 Å². The molecule has 1 unspecified atom stereocenters. The number of aryl methyl sites for hydroxylation is 1. The average Bonchev–Trinajstić information content (AvgIpc) is 2.37. The average molecular weight is 303 g/mol. The van der Waals surface area contributed by atoms with E-state index in [1.165, 1.54) is 19.2 Å². The Hall–Kier alpha value is -1.48. The van der Waals surface area contributed by atoms with E-state index < -0.39 is 28.6 Å². The maximum atomic E-state index is 12.2. The highest BCUT2D eigenvalue weighted by molar-refractivity contribution is 7.89. The van der Waals surface area contributed by atoms with E-state index >= 15 is 0 Å². The van der Waals surface area contributed by atoms with Crippen molar-refractivity contribution in [1.29, 1.82) is 0 Å². The second kappa shape index (κ2) is 6.80. The summed E-state index contributed by atoms with van der Waals surface area (Å²) in [6, 6.07) is 3.04. The van der Waals surface area contributed by atoms with E-state index in [2.05, 4.69) is 4.72 Å². The van der Waals surface area contributed by atoms with Crippen molar-refractivity contribution in [3.8, 4) is 0 Å². The molecular formula is C12H17NO6S. The minimum atomic E-state index is -3.93. The Morgan fingerprint density at radius 2 is 2.10 bits per heavy atom. The first-order valence-corrected chi connectivity index (χ1v) is 7.26. The molecule has 0 heterocycles. The molecule has 0 bridgehead atoms. The molecule has 0 saturated heterocycles. The van der Waals surface area contributed by atoms with E-state index in [0.29, 0.717) is 5.56 Å². The summed E-state index contributed by atoms with van der Waals surface area (Å²) >= 11 is 0. The first-order valence-electron chi connectivity index (χ1n) is 5.78. The number of aliphatic hydroxyl groups is 1. The third-order valence-electron chi connectivity index (χ3n) is 2.63. The standard InChI is InChI=1S/C12H17NO6S/c1-8-3-4-9(12(15)16)5-11(8)20(17,18)13-10(6-14)7-19-2/h3-5,10,13-14H,6-7H2,1-2H3,(H,15,16). The molecule has 3 N–H and O–H groups in total. The van der Waals surface area contributed by atoms with E-state index in [4.69, 9.17) is 14.9 Å². The van der Waals surface area contributed by atoms with Gasteiger partial charge in [-0.1, -0.05) is 6.07 Å². The number of aromatic carboxylic acids is 1. The number of carboxylic acid groups (broad SMARTS) is 1. The highest BCUT2D eigenvalue weighted by Crippen LogP contribution is 2.17. The van der Waals surface area contributed by atoms with Crippen LogP contribution < -0.4 is 4.72 Å². The van der Waals surface area contributed by atoms with Crippen molar-refractivity contribution in [3.05, 3.63) is 29.3 Å². The van der Waals surface area contributed by atoms with Gasteiger partial charge in [0.2, 0.25) is 10.0 Å². The van der Waals surface area contributed by atoms with Gasteiger partial charge in [0.25, 0.3) is 0 Å². The molecule has 0 aliphatic heterocycles. The van der Waals surface area contributed by atoms with Crippen molar-refractivity contribution in [2.75, 3.05) is 20.3 Å². The Morgan fingerprint density at radius 3 is 2.60 bits per heavy atom. The number of sulfonamides is 1. The summed E-state index contributed by atoms with van der Waals surface area (Å²) in [5, 5.41) is 18.0. The molecular weight excluding hydrogens is 286 g/mol. The molecule has 1 aromatic rings. The first kappa shape index (κ1) is 16.6. The number of methoxy groups -OCH3 is 1. The highest BCUT2D eigenvalue weighted by atomic mass is 32.2. The summed E-state index contributed by atoms with van der Waals surface area (Å²) in [7, 11) is -2.55. The van der Waals surface area contributed by atoms with Gasteiger partial charge in [-0.05, 0) is 24.6 Å². The predicted octanol–water partition coefficient (Wildman–Crippen LogP) is -0.0212. The molecule has 0 aromatic heterocycles. The number of aliphatic hydroxyl groups excluding tert-OH is 1. The number of hydrogen-bond acceptors (Lipinski definition) is 5. The van der Waals surface area contributed by atoms with Crippen molar-refractivity contribution in [3.63, 3.8) is 0 Å². The Kier molecular flexibility index (Phi) is 5.63. The fraction of sp³-hybridized carbons (Fsp3) is 0.417. The molecule has 0 radical (unpaired) electrons. The third kappa shape index (κ3) is 4.01. The van der Waals surface area contributed by atoms with Crippen molar-refractivity contribution in [1.82, 2.24) is 4.72 Å². The number of nitrogens with one attached hydrogen (secondary N) is 1. The van der Waals surface area contributed by atoms with Gasteiger partial charge in [-0.2, -0.15) is 0 Å². The molecule has 0 aliphatic carbocycles. The molecule has 20 heavy (non-hydrogen) atoms. The van der Waals surface area contributed by atoms with Gasteiger partial charge in [0.15, 0.2) is 0 Å². The van der Waals surface area contributed by atoms with Crippen molar-refractivity contribution in [2.45, 2.75) is 17.9 Å². The zero-order chi connectivity index (χ0) is 15.3. The summed E-state index contributed by atoms with van der Waals surface area (Å²) < 4.78 is 31.5. The van der Waals surface area contributed by atoms with Crippen molar-refractivity contribution < 1.29 is 28.2 Å². The molecule has 7 nitrogen and oxygen atoms in total. The van der Waals surface area contributed by atoms with Crippen LogP contribution in [0.25, 0.3) is 0 Å². The van der Waals surface area contributed by atoms with Gasteiger partial charge in [-0.25, -0.2) is 17.9 Å². The van der Waals surface area contributed by atoms with Gasteiger partial charge < -0.3 is 14.9 Å². The van der Waals surface area contributed by atoms with Crippen LogP contribution >= 0.6 is 0 Å². The molecule has 1 atom stereocenters. The SMILES string of the molecule is COCC(CO)NS(=O)(=O)c1cc(C(=O)O)ccc1C. The summed E-state index contributed by atoms with van der Waals surface area (Å²) in [6.07, 6.45) is 0. The molecule has 0 saturated carbocycles. The van der Waals surface area contributed by atoms with E-state index in [0.717, 1.165) is 6.07 Å². The first-order chi connectivity index (χ1) is 9.31. The number of carbonyl (C=O) groups is 1. The zero-order valence-electron chi connectivity index (χ0n) is 11.2. The van der Waals surface area contributed by atoms with Gasteiger partial charge in [0.05, 0.1) is 29.7 Å². The maximum absolute atomic E-state index is 12.2. The molecule has 0 amide bonds. The van der Waals surface area contributed by atoms with E-state index in [9.17, 15) is 13.2 Å². The molecule has 1 rings (SSSR count).